The number of pyridine rings is 2. The maximum atomic E-state index is 14.5. The number of halogens is 4. The molecule has 1 aliphatic rings. The van der Waals surface area contributed by atoms with E-state index in [1.54, 1.807) is 6.92 Å². The summed E-state index contributed by atoms with van der Waals surface area (Å²) in [4.78, 5) is 23.7. The van der Waals surface area contributed by atoms with Crippen LogP contribution in [0.5, 0.6) is 5.88 Å². The number of amides is 1. The molecule has 0 unspecified atom stereocenters. The topological polar surface area (TPSA) is 136 Å². The minimum absolute atomic E-state index is 0.0645. The number of aromatic nitrogens is 2. The van der Waals surface area contributed by atoms with Gasteiger partial charge in [-0.05, 0) is 32.9 Å². The van der Waals surface area contributed by atoms with E-state index in [9.17, 15) is 22.4 Å². The smallest absolute Gasteiger partial charge is 0.391 e. The van der Waals surface area contributed by atoms with Crippen molar-refractivity contribution in [3.8, 4) is 11.9 Å². The van der Waals surface area contributed by atoms with E-state index in [4.69, 9.17) is 20.5 Å². The molecule has 2 aromatic heterocycles. The lowest BCUT2D eigenvalue weighted by Crippen LogP contribution is -2.60. The Morgan fingerprint density at radius 3 is 2.58 bits per heavy atom. The lowest BCUT2D eigenvalue weighted by atomic mass is 9.90. The number of nitriles is 1. The van der Waals surface area contributed by atoms with E-state index in [2.05, 4.69) is 20.3 Å². The van der Waals surface area contributed by atoms with Crippen molar-refractivity contribution in [3.05, 3.63) is 47.0 Å². The Kier molecular flexibility index (Phi) is 5.99. The van der Waals surface area contributed by atoms with Crippen molar-refractivity contribution >= 4 is 17.7 Å². The number of nitrogens with zero attached hydrogens (tertiary/aromatic N) is 4. The van der Waals surface area contributed by atoms with Crippen LogP contribution in [0, 0.1) is 24.1 Å². The largest absolute Gasteiger partial charge is 0.424 e. The van der Waals surface area contributed by atoms with Crippen molar-refractivity contribution in [2.24, 2.45) is 10.7 Å². The van der Waals surface area contributed by atoms with Crippen LogP contribution in [-0.2, 0) is 10.3 Å². The Bertz CT molecular complexity index is 1180. The standard InChI is InChI=1S/C20H18F4N6O3/c1-10-4-11(6-25)7-28-15(10)33-17(31)29-14-5-12(13(21)8-27-14)18(2)9-32-19(3,16(26)30-18)20(22,23)24/h4-5,7-8H,9H2,1-3H3,(H2,26,30)(H,27,29,31)/t18-,19-/m1/s1. The first kappa shape index (κ1) is 23.9. The zero-order chi connectivity index (χ0) is 24.6. The zero-order valence-corrected chi connectivity index (χ0v) is 17.6. The van der Waals surface area contributed by atoms with Gasteiger partial charge in [-0.25, -0.2) is 19.2 Å². The molecule has 2 atom stereocenters. The van der Waals surface area contributed by atoms with Crippen molar-refractivity contribution in [1.29, 1.82) is 5.26 Å². The first-order valence-electron chi connectivity index (χ1n) is 9.37. The second-order valence-electron chi connectivity index (χ2n) is 7.61. The van der Waals surface area contributed by atoms with Crippen molar-refractivity contribution in [3.63, 3.8) is 0 Å². The highest BCUT2D eigenvalue weighted by Gasteiger charge is 2.59. The molecule has 3 heterocycles. The molecule has 33 heavy (non-hydrogen) atoms. The second kappa shape index (κ2) is 8.28. The quantitative estimate of drug-likeness (QED) is 0.663. The van der Waals surface area contributed by atoms with Crippen molar-refractivity contribution in [1.82, 2.24) is 9.97 Å². The minimum Gasteiger partial charge on any atom is -0.391 e. The Balaban J connectivity index is 1.84. The molecule has 1 amide bonds. The Labute approximate surface area is 185 Å². The zero-order valence-electron chi connectivity index (χ0n) is 17.6. The fraction of sp³-hybridized carbons (Fsp3) is 0.350. The molecular formula is C20H18F4N6O3. The number of ether oxygens (including phenoxy) is 2. The monoisotopic (exact) mass is 466 g/mol. The molecule has 0 saturated heterocycles. The van der Waals surface area contributed by atoms with E-state index in [1.165, 1.54) is 19.2 Å². The third kappa shape index (κ3) is 4.56. The van der Waals surface area contributed by atoms with Gasteiger partial charge in [0.15, 0.2) is 0 Å². The van der Waals surface area contributed by atoms with Crippen LogP contribution >= 0.6 is 0 Å². The lowest BCUT2D eigenvalue weighted by Gasteiger charge is -2.40. The van der Waals surface area contributed by atoms with Crippen molar-refractivity contribution < 1.29 is 31.8 Å². The maximum absolute atomic E-state index is 14.5. The Morgan fingerprint density at radius 2 is 2.00 bits per heavy atom. The third-order valence-electron chi connectivity index (χ3n) is 5.05. The summed E-state index contributed by atoms with van der Waals surface area (Å²) in [5, 5.41) is 11.1. The van der Waals surface area contributed by atoms with E-state index in [0.717, 1.165) is 19.2 Å². The predicted molar refractivity (Wildman–Crippen MR) is 107 cm³/mol. The van der Waals surface area contributed by atoms with Gasteiger partial charge in [-0.15, -0.1) is 0 Å². The first-order chi connectivity index (χ1) is 15.3. The molecule has 0 fully saturated rings. The number of carbonyl (C=O) groups is 1. The number of hydrogen-bond acceptors (Lipinski definition) is 8. The van der Waals surface area contributed by atoms with Gasteiger partial charge in [0.25, 0.3) is 0 Å². The van der Waals surface area contributed by atoms with Gasteiger partial charge in [-0.2, -0.15) is 18.4 Å². The predicted octanol–water partition coefficient (Wildman–Crippen LogP) is 3.33. The molecule has 0 saturated carbocycles. The molecule has 13 heteroatoms. The lowest BCUT2D eigenvalue weighted by molar-refractivity contribution is -0.249. The number of nitrogens with two attached hydrogens (primary N) is 1. The van der Waals surface area contributed by atoms with Crippen LogP contribution in [-0.4, -0.2) is 40.3 Å². The van der Waals surface area contributed by atoms with Crippen LogP contribution in [0.2, 0.25) is 0 Å². The molecular weight excluding hydrogens is 448 g/mol. The van der Waals surface area contributed by atoms with Crippen molar-refractivity contribution in [2.45, 2.75) is 38.1 Å². The first-order valence-corrected chi connectivity index (χ1v) is 9.37. The number of aliphatic imine (C=N–C) groups is 1. The second-order valence-corrected chi connectivity index (χ2v) is 7.61. The molecule has 0 radical (unpaired) electrons. The summed E-state index contributed by atoms with van der Waals surface area (Å²) < 4.78 is 64.5. The van der Waals surface area contributed by atoms with Crippen LogP contribution in [0.25, 0.3) is 0 Å². The highest BCUT2D eigenvalue weighted by molar-refractivity contribution is 5.90. The molecule has 0 bridgehead atoms. The average molecular weight is 466 g/mol. The molecule has 174 valence electrons. The number of hydrogen-bond donors (Lipinski definition) is 2. The number of carbonyl (C=O) groups excluding carboxylic acids is 1. The minimum atomic E-state index is -4.83. The van der Waals surface area contributed by atoms with Crippen LogP contribution < -0.4 is 15.8 Å². The Morgan fingerprint density at radius 1 is 1.30 bits per heavy atom. The van der Waals surface area contributed by atoms with Crippen molar-refractivity contribution in [2.75, 3.05) is 11.9 Å². The van der Waals surface area contributed by atoms with Gasteiger partial charge >= 0.3 is 12.3 Å². The highest BCUT2D eigenvalue weighted by Crippen LogP contribution is 2.41. The van der Waals surface area contributed by atoms with Gasteiger partial charge in [0.1, 0.15) is 29.1 Å². The van der Waals surface area contributed by atoms with E-state index in [-0.39, 0.29) is 22.8 Å². The fourth-order valence-electron chi connectivity index (χ4n) is 3.00. The average Bonchev–Trinajstić information content (AvgIpc) is 2.73. The van der Waals surface area contributed by atoms with Crippen LogP contribution in [0.15, 0.2) is 29.5 Å². The molecule has 9 nitrogen and oxygen atoms in total. The fourth-order valence-corrected chi connectivity index (χ4v) is 3.00. The Hall–Kier alpha value is -3.79. The number of nitrogens with one attached hydrogen (secondary N) is 1. The molecule has 3 rings (SSSR count). The number of anilines is 1. The molecule has 0 spiro atoms. The van der Waals surface area contributed by atoms with Gasteiger partial charge in [-0.1, -0.05) is 0 Å². The molecule has 0 aliphatic carbocycles. The van der Waals surface area contributed by atoms with Gasteiger partial charge in [0, 0.05) is 17.3 Å². The summed E-state index contributed by atoms with van der Waals surface area (Å²) in [5.41, 5.74) is 1.61. The van der Waals surface area contributed by atoms with E-state index in [1.807, 2.05) is 6.07 Å². The summed E-state index contributed by atoms with van der Waals surface area (Å²) in [6, 6.07) is 4.45. The van der Waals surface area contributed by atoms with Gasteiger partial charge in [0.05, 0.1) is 18.4 Å². The van der Waals surface area contributed by atoms with Gasteiger partial charge in [0.2, 0.25) is 11.5 Å². The van der Waals surface area contributed by atoms with Gasteiger partial charge < -0.3 is 15.2 Å². The SMILES string of the molecule is Cc1cc(C#N)cnc1OC(=O)Nc1cc([C@@]2(C)CO[C@@](C)(C(F)(F)F)C(N)=N2)c(F)cn1. The summed E-state index contributed by atoms with van der Waals surface area (Å²) in [7, 11) is 0. The van der Waals surface area contributed by atoms with E-state index < -0.39 is 41.7 Å². The normalized spacial score (nSPS) is 22.8. The molecule has 3 N–H and O–H groups in total. The number of amidine groups is 1. The number of aryl methyl sites for hydroxylation is 1. The molecule has 0 aromatic carbocycles. The summed E-state index contributed by atoms with van der Waals surface area (Å²) >= 11 is 0. The summed E-state index contributed by atoms with van der Waals surface area (Å²) in [5.74, 6) is -1.99. The van der Waals surface area contributed by atoms with Crippen LogP contribution in [0.4, 0.5) is 28.2 Å². The van der Waals surface area contributed by atoms with E-state index in [0.29, 0.717) is 5.56 Å². The van der Waals surface area contributed by atoms with Gasteiger partial charge in [-0.3, -0.25) is 10.3 Å². The highest BCUT2D eigenvalue weighted by atomic mass is 19.4. The van der Waals surface area contributed by atoms with E-state index >= 15 is 0 Å². The van der Waals surface area contributed by atoms with Crippen LogP contribution in [0.1, 0.15) is 30.5 Å². The molecule has 1 aliphatic heterocycles. The number of rotatable bonds is 3. The summed E-state index contributed by atoms with van der Waals surface area (Å²) in [6.07, 6.45) is -3.86. The van der Waals surface area contributed by atoms with Crippen LogP contribution in [0.3, 0.4) is 0 Å². The molecule has 2 aromatic rings. The third-order valence-corrected chi connectivity index (χ3v) is 5.05. The number of alkyl halides is 3. The maximum Gasteiger partial charge on any atom is 0.424 e. The summed E-state index contributed by atoms with van der Waals surface area (Å²) in [6.45, 7) is 3.01.